The summed E-state index contributed by atoms with van der Waals surface area (Å²) < 4.78 is 0. The lowest BCUT2D eigenvalue weighted by atomic mass is 10.2. The molecule has 58 valence electrons. The third kappa shape index (κ3) is 1.60. The van der Waals surface area contributed by atoms with Crippen molar-refractivity contribution in [3.63, 3.8) is 0 Å². The molecule has 0 aromatic rings. The fourth-order valence-corrected chi connectivity index (χ4v) is 0.865. The minimum Gasteiger partial charge on any atom is -0.362 e. The number of allylic oxidation sites excluding steroid dienone is 1. The highest BCUT2D eigenvalue weighted by Crippen LogP contribution is 2.35. The normalized spacial score (nSPS) is 17.8. The summed E-state index contributed by atoms with van der Waals surface area (Å²) in [4.78, 5) is 10.2. The molecular weight excluding hydrogens is 140 g/mol. The Morgan fingerprint density at radius 2 is 2.36 bits per heavy atom. The van der Waals surface area contributed by atoms with E-state index in [1.54, 1.807) is 5.94 Å². The van der Waals surface area contributed by atoms with Crippen molar-refractivity contribution < 1.29 is 4.79 Å². The predicted molar refractivity (Wildman–Crippen MR) is 40.2 cm³/mol. The Balaban J connectivity index is 2.56. The first-order valence-electron chi connectivity index (χ1n) is 3.70. The van der Waals surface area contributed by atoms with Crippen LogP contribution in [0.15, 0.2) is 5.70 Å². The van der Waals surface area contributed by atoms with Crippen molar-refractivity contribution in [2.75, 3.05) is 0 Å². The SMILES string of the molecule is CCC(=C=O)NC1(C#N)CC1. The summed E-state index contributed by atoms with van der Waals surface area (Å²) in [6.07, 6.45) is 2.30. The average molecular weight is 150 g/mol. The molecular formula is C8H10N2O. The zero-order valence-electron chi connectivity index (χ0n) is 6.48. The summed E-state index contributed by atoms with van der Waals surface area (Å²) in [5.74, 6) is 1.79. The van der Waals surface area contributed by atoms with Gasteiger partial charge in [0.1, 0.15) is 11.5 Å². The number of nitrogens with zero attached hydrogens (tertiary/aromatic N) is 1. The van der Waals surface area contributed by atoms with E-state index in [0.29, 0.717) is 12.1 Å². The second kappa shape index (κ2) is 2.77. The Hall–Kier alpha value is -1.26. The summed E-state index contributed by atoms with van der Waals surface area (Å²) in [7, 11) is 0. The molecule has 0 bridgehead atoms. The average Bonchev–Trinajstić information content (AvgIpc) is 2.81. The van der Waals surface area contributed by atoms with Gasteiger partial charge in [0.25, 0.3) is 0 Å². The van der Waals surface area contributed by atoms with E-state index in [-0.39, 0.29) is 0 Å². The number of carbonyl (C=O) groups excluding carboxylic acids is 1. The van der Waals surface area contributed by atoms with Crippen molar-refractivity contribution in [3.05, 3.63) is 5.70 Å². The largest absolute Gasteiger partial charge is 0.362 e. The zero-order valence-corrected chi connectivity index (χ0v) is 6.48. The van der Waals surface area contributed by atoms with Crippen LogP contribution in [0.4, 0.5) is 0 Å². The lowest BCUT2D eigenvalue weighted by Gasteiger charge is -2.08. The summed E-state index contributed by atoms with van der Waals surface area (Å²) in [6.45, 7) is 1.86. The van der Waals surface area contributed by atoms with Gasteiger partial charge in [0.15, 0.2) is 0 Å². The molecule has 3 nitrogen and oxygen atoms in total. The van der Waals surface area contributed by atoms with Gasteiger partial charge in [0.2, 0.25) is 0 Å². The Labute approximate surface area is 65.7 Å². The second-order valence-electron chi connectivity index (χ2n) is 2.75. The zero-order chi connectivity index (χ0) is 8.32. The van der Waals surface area contributed by atoms with Gasteiger partial charge in [-0.15, -0.1) is 0 Å². The molecule has 0 atom stereocenters. The number of rotatable bonds is 3. The van der Waals surface area contributed by atoms with Gasteiger partial charge < -0.3 is 5.32 Å². The van der Waals surface area contributed by atoms with Crippen LogP contribution in [0.1, 0.15) is 26.2 Å². The second-order valence-corrected chi connectivity index (χ2v) is 2.75. The molecule has 11 heavy (non-hydrogen) atoms. The maximum Gasteiger partial charge on any atom is 0.145 e. The minimum atomic E-state index is -0.428. The Bertz CT molecular complexity index is 241. The topological polar surface area (TPSA) is 52.9 Å². The fourth-order valence-electron chi connectivity index (χ4n) is 0.865. The van der Waals surface area contributed by atoms with Gasteiger partial charge in [-0.3, -0.25) is 0 Å². The molecule has 0 radical (unpaired) electrons. The van der Waals surface area contributed by atoms with Crippen LogP contribution in [-0.2, 0) is 4.79 Å². The van der Waals surface area contributed by atoms with Crippen LogP contribution in [0.25, 0.3) is 0 Å². The standard InChI is InChI=1S/C8H10N2O/c1-2-7(5-11)10-8(6-9)3-4-8/h10H,2-4H2,1H3. The molecule has 0 saturated heterocycles. The molecule has 3 heteroatoms. The molecule has 1 N–H and O–H groups in total. The van der Waals surface area contributed by atoms with E-state index in [1.165, 1.54) is 0 Å². The van der Waals surface area contributed by atoms with E-state index in [4.69, 9.17) is 5.26 Å². The van der Waals surface area contributed by atoms with Gasteiger partial charge in [-0.25, -0.2) is 4.79 Å². The Morgan fingerprint density at radius 1 is 1.73 bits per heavy atom. The summed E-state index contributed by atoms with van der Waals surface area (Å²) >= 11 is 0. The summed E-state index contributed by atoms with van der Waals surface area (Å²) in [6, 6.07) is 2.14. The van der Waals surface area contributed by atoms with Crippen molar-refractivity contribution in [1.29, 1.82) is 5.26 Å². The third-order valence-electron chi connectivity index (χ3n) is 1.83. The number of hydrogen-bond acceptors (Lipinski definition) is 3. The van der Waals surface area contributed by atoms with Crippen LogP contribution >= 0.6 is 0 Å². The van der Waals surface area contributed by atoms with Gasteiger partial charge >= 0.3 is 0 Å². The molecule has 0 aromatic carbocycles. The molecule has 1 saturated carbocycles. The highest BCUT2D eigenvalue weighted by Gasteiger charge is 2.43. The van der Waals surface area contributed by atoms with E-state index in [0.717, 1.165) is 12.8 Å². The first-order chi connectivity index (χ1) is 5.26. The first kappa shape index (κ1) is 7.84. The van der Waals surface area contributed by atoms with Crippen LogP contribution in [0.2, 0.25) is 0 Å². The van der Waals surface area contributed by atoms with Crippen LogP contribution in [0.3, 0.4) is 0 Å². The van der Waals surface area contributed by atoms with Crippen molar-refractivity contribution in [2.45, 2.75) is 31.7 Å². The van der Waals surface area contributed by atoms with E-state index >= 15 is 0 Å². The fraction of sp³-hybridized carbons (Fsp3) is 0.625. The van der Waals surface area contributed by atoms with E-state index < -0.39 is 5.54 Å². The van der Waals surface area contributed by atoms with E-state index in [2.05, 4.69) is 11.4 Å². The Kier molecular flexibility index (Phi) is 1.98. The molecule has 0 aliphatic heterocycles. The smallest absolute Gasteiger partial charge is 0.145 e. The van der Waals surface area contributed by atoms with Gasteiger partial charge in [-0.05, 0) is 19.3 Å². The highest BCUT2D eigenvalue weighted by molar-refractivity contribution is 5.52. The molecule has 0 spiro atoms. The van der Waals surface area contributed by atoms with Gasteiger partial charge in [-0.2, -0.15) is 5.26 Å². The van der Waals surface area contributed by atoms with Gasteiger partial charge in [0, 0.05) is 0 Å². The lowest BCUT2D eigenvalue weighted by molar-refractivity contribution is 0.559. The molecule has 1 fully saturated rings. The van der Waals surface area contributed by atoms with Gasteiger partial charge in [-0.1, -0.05) is 6.92 Å². The van der Waals surface area contributed by atoms with Crippen molar-refractivity contribution in [3.8, 4) is 6.07 Å². The first-order valence-corrected chi connectivity index (χ1v) is 3.70. The van der Waals surface area contributed by atoms with Gasteiger partial charge in [0.05, 0.1) is 11.8 Å². The van der Waals surface area contributed by atoms with Crippen molar-refractivity contribution >= 4 is 5.94 Å². The maximum absolute atomic E-state index is 10.2. The molecule has 1 aliphatic rings. The summed E-state index contributed by atoms with van der Waals surface area (Å²) in [5, 5.41) is 11.5. The molecule has 0 amide bonds. The molecule has 1 aliphatic carbocycles. The molecule has 0 aromatic heterocycles. The molecule has 1 rings (SSSR count). The molecule has 0 heterocycles. The highest BCUT2D eigenvalue weighted by atomic mass is 16.1. The monoisotopic (exact) mass is 150 g/mol. The van der Waals surface area contributed by atoms with Crippen LogP contribution in [-0.4, -0.2) is 11.5 Å². The maximum atomic E-state index is 10.2. The molecule has 0 unspecified atom stereocenters. The van der Waals surface area contributed by atoms with E-state index in [9.17, 15) is 4.79 Å². The van der Waals surface area contributed by atoms with Crippen LogP contribution in [0, 0.1) is 11.3 Å². The minimum absolute atomic E-state index is 0.428. The third-order valence-corrected chi connectivity index (χ3v) is 1.83. The lowest BCUT2D eigenvalue weighted by Crippen LogP contribution is -2.28. The van der Waals surface area contributed by atoms with Crippen LogP contribution < -0.4 is 5.32 Å². The van der Waals surface area contributed by atoms with Crippen molar-refractivity contribution in [2.24, 2.45) is 0 Å². The number of nitrogens with one attached hydrogen (secondary N) is 1. The number of nitriles is 1. The van der Waals surface area contributed by atoms with Crippen LogP contribution in [0.5, 0.6) is 0 Å². The summed E-state index contributed by atoms with van der Waals surface area (Å²) in [5.41, 5.74) is 0.0759. The Morgan fingerprint density at radius 3 is 2.64 bits per heavy atom. The van der Waals surface area contributed by atoms with Crippen molar-refractivity contribution in [1.82, 2.24) is 5.32 Å². The quantitative estimate of drug-likeness (QED) is 0.604. The number of hydrogen-bond donors (Lipinski definition) is 1. The van der Waals surface area contributed by atoms with E-state index in [1.807, 2.05) is 6.92 Å². The predicted octanol–water partition coefficient (Wildman–Crippen LogP) is 0.758.